The zero-order chi connectivity index (χ0) is 19.5. The van der Waals surface area contributed by atoms with Crippen LogP contribution in [0.15, 0.2) is 48.7 Å². The number of aromatic amines is 1. The van der Waals surface area contributed by atoms with Gasteiger partial charge < -0.3 is 24.5 Å². The Balaban J connectivity index is 1.28. The van der Waals surface area contributed by atoms with Crippen LogP contribution >= 0.6 is 0 Å². The van der Waals surface area contributed by atoms with Gasteiger partial charge in [0, 0.05) is 17.1 Å². The summed E-state index contributed by atoms with van der Waals surface area (Å²) in [6, 6.07) is 13.0. The molecule has 144 valence electrons. The van der Waals surface area contributed by atoms with Gasteiger partial charge in [0.15, 0.2) is 18.1 Å². The minimum atomic E-state index is -0.448. The molecule has 0 saturated carbocycles. The smallest absolute Gasteiger partial charge is 0.310 e. The van der Waals surface area contributed by atoms with Crippen molar-refractivity contribution in [2.75, 3.05) is 13.4 Å². The quantitative estimate of drug-likeness (QED) is 0.642. The topological polar surface area (TPSA) is 89.7 Å². The van der Waals surface area contributed by atoms with E-state index >= 15 is 0 Å². The second-order valence-electron chi connectivity index (χ2n) is 6.60. The maximum absolute atomic E-state index is 12.1. The standard InChI is InChI=1S/C21H20N2O5/c1-13(14-6-7-18-19(8-14)28-12-27-18)23-20(24)11-26-21(25)9-15-10-22-17-5-3-2-4-16(15)17/h2-8,10,13,22H,9,11-12H2,1H3,(H,23,24)/t13-/m0/s1. The fraction of sp³-hybridized carbons (Fsp3) is 0.238. The first kappa shape index (κ1) is 17.9. The number of H-pyrrole nitrogens is 1. The molecule has 3 aromatic rings. The van der Waals surface area contributed by atoms with Gasteiger partial charge >= 0.3 is 5.97 Å². The first-order valence-electron chi connectivity index (χ1n) is 8.99. The zero-order valence-corrected chi connectivity index (χ0v) is 15.4. The highest BCUT2D eigenvalue weighted by Gasteiger charge is 2.18. The average molecular weight is 380 g/mol. The van der Waals surface area contributed by atoms with E-state index in [2.05, 4.69) is 10.3 Å². The summed E-state index contributed by atoms with van der Waals surface area (Å²) in [5, 5.41) is 3.79. The van der Waals surface area contributed by atoms with Crippen LogP contribution in [0.25, 0.3) is 10.9 Å². The van der Waals surface area contributed by atoms with Gasteiger partial charge in [-0.1, -0.05) is 24.3 Å². The summed E-state index contributed by atoms with van der Waals surface area (Å²) >= 11 is 0. The Kier molecular flexibility index (Phi) is 4.89. The van der Waals surface area contributed by atoms with E-state index in [1.807, 2.05) is 49.4 Å². The molecule has 0 radical (unpaired) electrons. The van der Waals surface area contributed by atoms with Gasteiger partial charge in [-0.15, -0.1) is 0 Å². The number of benzene rings is 2. The monoisotopic (exact) mass is 380 g/mol. The Morgan fingerprint density at radius 2 is 2.00 bits per heavy atom. The van der Waals surface area contributed by atoms with E-state index in [-0.39, 0.29) is 31.8 Å². The normalized spacial score (nSPS) is 13.3. The van der Waals surface area contributed by atoms with Crippen molar-refractivity contribution in [3.05, 3.63) is 59.8 Å². The van der Waals surface area contributed by atoms with Crippen LogP contribution in [0.5, 0.6) is 11.5 Å². The maximum atomic E-state index is 12.1. The van der Waals surface area contributed by atoms with Gasteiger partial charge in [-0.3, -0.25) is 9.59 Å². The predicted molar refractivity (Wildman–Crippen MR) is 102 cm³/mol. The van der Waals surface area contributed by atoms with Crippen LogP contribution in [0.2, 0.25) is 0 Å². The summed E-state index contributed by atoms with van der Waals surface area (Å²) in [5.74, 6) is 0.533. The van der Waals surface area contributed by atoms with Gasteiger partial charge in [0.05, 0.1) is 12.5 Å². The van der Waals surface area contributed by atoms with Crippen molar-refractivity contribution in [2.45, 2.75) is 19.4 Å². The number of amides is 1. The number of ether oxygens (including phenoxy) is 3. The van der Waals surface area contributed by atoms with E-state index in [0.717, 1.165) is 22.0 Å². The molecule has 4 rings (SSSR count). The van der Waals surface area contributed by atoms with Crippen molar-refractivity contribution < 1.29 is 23.8 Å². The summed E-state index contributed by atoms with van der Waals surface area (Å²) in [4.78, 5) is 27.3. The van der Waals surface area contributed by atoms with E-state index < -0.39 is 5.97 Å². The van der Waals surface area contributed by atoms with Crippen LogP contribution in [0.1, 0.15) is 24.1 Å². The lowest BCUT2D eigenvalue weighted by atomic mass is 10.1. The molecule has 0 saturated heterocycles. The van der Waals surface area contributed by atoms with Crippen molar-refractivity contribution in [2.24, 2.45) is 0 Å². The van der Waals surface area contributed by atoms with Crippen molar-refractivity contribution in [3.63, 3.8) is 0 Å². The third-order valence-corrected chi connectivity index (χ3v) is 4.65. The van der Waals surface area contributed by atoms with Gasteiger partial charge in [-0.2, -0.15) is 0 Å². The lowest BCUT2D eigenvalue weighted by molar-refractivity contribution is -0.148. The summed E-state index contributed by atoms with van der Waals surface area (Å²) in [6.07, 6.45) is 1.89. The Labute approximate surface area is 161 Å². The van der Waals surface area contributed by atoms with Crippen LogP contribution in [-0.4, -0.2) is 30.3 Å². The van der Waals surface area contributed by atoms with Crippen molar-refractivity contribution in [1.82, 2.24) is 10.3 Å². The predicted octanol–water partition coefficient (Wildman–Crippen LogP) is 2.86. The van der Waals surface area contributed by atoms with Gasteiger partial charge in [-0.05, 0) is 36.2 Å². The molecular weight excluding hydrogens is 360 g/mol. The Morgan fingerprint density at radius 3 is 2.89 bits per heavy atom. The molecule has 0 fully saturated rings. The first-order valence-corrected chi connectivity index (χ1v) is 8.99. The molecule has 7 heteroatoms. The fourth-order valence-electron chi connectivity index (χ4n) is 3.18. The number of hydrogen-bond acceptors (Lipinski definition) is 5. The highest BCUT2D eigenvalue weighted by atomic mass is 16.7. The third-order valence-electron chi connectivity index (χ3n) is 4.65. The molecule has 1 aromatic heterocycles. The maximum Gasteiger partial charge on any atom is 0.310 e. The summed E-state index contributed by atoms with van der Waals surface area (Å²) < 4.78 is 15.8. The molecule has 2 N–H and O–H groups in total. The van der Waals surface area contributed by atoms with Crippen molar-refractivity contribution in [3.8, 4) is 11.5 Å². The molecule has 28 heavy (non-hydrogen) atoms. The number of nitrogens with one attached hydrogen (secondary N) is 2. The number of carbonyl (C=O) groups excluding carboxylic acids is 2. The highest BCUT2D eigenvalue weighted by molar-refractivity contribution is 5.88. The Morgan fingerprint density at radius 1 is 1.18 bits per heavy atom. The van der Waals surface area contributed by atoms with Crippen molar-refractivity contribution in [1.29, 1.82) is 0 Å². The van der Waals surface area contributed by atoms with Crippen LogP contribution in [-0.2, 0) is 20.7 Å². The van der Waals surface area contributed by atoms with Gasteiger partial charge in [0.2, 0.25) is 6.79 Å². The Bertz CT molecular complexity index is 1030. The summed E-state index contributed by atoms with van der Waals surface area (Å²) in [5.41, 5.74) is 2.68. The van der Waals surface area contributed by atoms with Crippen LogP contribution in [0, 0.1) is 0 Å². The lowest BCUT2D eigenvalue weighted by Crippen LogP contribution is -2.31. The SMILES string of the molecule is C[C@H](NC(=O)COC(=O)Cc1c[nH]c2ccccc12)c1ccc2c(c1)OCO2. The number of carbonyl (C=O) groups is 2. The molecule has 0 unspecified atom stereocenters. The molecule has 1 atom stereocenters. The average Bonchev–Trinajstić information content (AvgIpc) is 3.33. The molecule has 0 spiro atoms. The number of para-hydroxylation sites is 1. The number of fused-ring (bicyclic) bond motifs is 2. The molecule has 1 amide bonds. The minimum absolute atomic E-state index is 0.106. The van der Waals surface area contributed by atoms with Crippen molar-refractivity contribution >= 4 is 22.8 Å². The number of esters is 1. The second kappa shape index (κ2) is 7.64. The lowest BCUT2D eigenvalue weighted by Gasteiger charge is -2.15. The molecule has 1 aliphatic heterocycles. The highest BCUT2D eigenvalue weighted by Crippen LogP contribution is 2.34. The summed E-state index contributed by atoms with van der Waals surface area (Å²) in [6.45, 7) is 1.73. The van der Waals surface area contributed by atoms with E-state index in [1.165, 1.54) is 0 Å². The summed E-state index contributed by atoms with van der Waals surface area (Å²) in [7, 11) is 0. The van der Waals surface area contributed by atoms with E-state index in [4.69, 9.17) is 14.2 Å². The van der Waals surface area contributed by atoms with E-state index in [9.17, 15) is 9.59 Å². The van der Waals surface area contributed by atoms with Crippen LogP contribution in [0.4, 0.5) is 0 Å². The molecule has 0 aliphatic carbocycles. The fourth-order valence-corrected chi connectivity index (χ4v) is 3.18. The van der Waals surface area contributed by atoms with Gasteiger partial charge in [0.25, 0.3) is 5.91 Å². The number of hydrogen-bond donors (Lipinski definition) is 2. The largest absolute Gasteiger partial charge is 0.455 e. The molecule has 2 aromatic carbocycles. The van der Waals surface area contributed by atoms with Gasteiger partial charge in [-0.25, -0.2) is 0 Å². The van der Waals surface area contributed by atoms with E-state index in [0.29, 0.717) is 11.5 Å². The third kappa shape index (κ3) is 3.78. The van der Waals surface area contributed by atoms with E-state index in [1.54, 1.807) is 6.20 Å². The molecule has 0 bridgehead atoms. The van der Waals surface area contributed by atoms with Gasteiger partial charge in [0.1, 0.15) is 0 Å². The van der Waals surface area contributed by atoms with Crippen LogP contribution in [0.3, 0.4) is 0 Å². The van der Waals surface area contributed by atoms with Crippen LogP contribution < -0.4 is 14.8 Å². The molecule has 1 aliphatic rings. The number of rotatable bonds is 6. The molecule has 2 heterocycles. The number of aromatic nitrogens is 1. The minimum Gasteiger partial charge on any atom is -0.455 e. The molecule has 7 nitrogen and oxygen atoms in total. The molecular formula is C21H20N2O5. The Hall–Kier alpha value is -3.48. The first-order chi connectivity index (χ1) is 13.6. The second-order valence-corrected chi connectivity index (χ2v) is 6.60. The zero-order valence-electron chi connectivity index (χ0n) is 15.4.